The number of esters is 1. The highest BCUT2D eigenvalue weighted by atomic mass is 16.5. The lowest BCUT2D eigenvalue weighted by atomic mass is 10.3. The fraction of sp³-hybridized carbons (Fsp3) is 0.429. The van der Waals surface area contributed by atoms with Crippen molar-refractivity contribution in [1.82, 2.24) is 5.16 Å². The van der Waals surface area contributed by atoms with Crippen LogP contribution in [-0.4, -0.2) is 17.7 Å². The van der Waals surface area contributed by atoms with E-state index >= 15 is 0 Å². The van der Waals surface area contributed by atoms with E-state index in [9.17, 15) is 4.79 Å². The second-order valence-corrected chi connectivity index (χ2v) is 2.20. The molecule has 0 spiro atoms. The fourth-order valence-electron chi connectivity index (χ4n) is 0.771. The molecule has 0 radical (unpaired) electrons. The van der Waals surface area contributed by atoms with Crippen LogP contribution >= 0.6 is 0 Å². The molecule has 0 aromatic carbocycles. The lowest BCUT2D eigenvalue weighted by molar-refractivity contribution is -0.142. The Morgan fingerprint density at radius 2 is 2.58 bits per heavy atom. The Hall–Kier alpha value is -1.52. The number of carbonyl (C=O) groups is 1. The second-order valence-electron chi connectivity index (χ2n) is 2.20. The van der Waals surface area contributed by atoms with Crippen LogP contribution in [0.15, 0.2) is 10.6 Å². The standard InChI is InChI=1S/C7H10N2O3/c1-2-11-7(10)4-5-3-6(8)12-9-5/h3H,2,4,8H2,1H3. The Kier molecular flexibility index (Phi) is 2.68. The molecule has 1 aromatic rings. The third-order valence-corrected chi connectivity index (χ3v) is 1.21. The smallest absolute Gasteiger partial charge is 0.311 e. The van der Waals surface area contributed by atoms with Crippen molar-refractivity contribution in [2.24, 2.45) is 0 Å². The molecule has 0 saturated heterocycles. The van der Waals surface area contributed by atoms with Crippen LogP contribution in [0.4, 0.5) is 5.88 Å². The van der Waals surface area contributed by atoms with E-state index in [1.165, 1.54) is 6.07 Å². The normalized spacial score (nSPS) is 9.75. The van der Waals surface area contributed by atoms with Crippen LogP contribution < -0.4 is 5.73 Å². The molecule has 2 N–H and O–H groups in total. The highest BCUT2D eigenvalue weighted by molar-refractivity contribution is 5.72. The van der Waals surface area contributed by atoms with Crippen LogP contribution in [0.2, 0.25) is 0 Å². The quantitative estimate of drug-likeness (QED) is 0.662. The summed E-state index contributed by atoms with van der Waals surface area (Å²) in [4.78, 5) is 10.9. The summed E-state index contributed by atoms with van der Waals surface area (Å²) in [6.07, 6.45) is 0.106. The molecule has 5 nitrogen and oxygen atoms in total. The molecule has 0 fully saturated rings. The lowest BCUT2D eigenvalue weighted by Crippen LogP contribution is -2.07. The summed E-state index contributed by atoms with van der Waals surface area (Å²) in [6.45, 7) is 2.11. The van der Waals surface area contributed by atoms with Crippen LogP contribution in [0.3, 0.4) is 0 Å². The van der Waals surface area contributed by atoms with Crippen molar-refractivity contribution in [3.05, 3.63) is 11.8 Å². The zero-order valence-electron chi connectivity index (χ0n) is 6.74. The molecular formula is C7H10N2O3. The second kappa shape index (κ2) is 3.75. The number of rotatable bonds is 3. The van der Waals surface area contributed by atoms with E-state index in [1.54, 1.807) is 6.92 Å². The van der Waals surface area contributed by atoms with Gasteiger partial charge in [0.15, 0.2) is 0 Å². The van der Waals surface area contributed by atoms with E-state index in [-0.39, 0.29) is 18.3 Å². The average Bonchev–Trinajstić information content (AvgIpc) is 2.36. The van der Waals surface area contributed by atoms with Gasteiger partial charge in [0, 0.05) is 6.07 Å². The van der Waals surface area contributed by atoms with E-state index in [2.05, 4.69) is 9.68 Å². The zero-order chi connectivity index (χ0) is 8.97. The van der Waals surface area contributed by atoms with Crippen LogP contribution in [0.1, 0.15) is 12.6 Å². The van der Waals surface area contributed by atoms with Gasteiger partial charge in [-0.25, -0.2) is 0 Å². The first-order valence-electron chi connectivity index (χ1n) is 3.59. The summed E-state index contributed by atoms with van der Waals surface area (Å²) in [7, 11) is 0. The van der Waals surface area contributed by atoms with Crippen molar-refractivity contribution in [1.29, 1.82) is 0 Å². The van der Waals surface area contributed by atoms with Gasteiger partial charge in [-0.2, -0.15) is 0 Å². The molecule has 0 amide bonds. The van der Waals surface area contributed by atoms with Crippen LogP contribution in [0.5, 0.6) is 0 Å². The Morgan fingerprint density at radius 1 is 1.83 bits per heavy atom. The van der Waals surface area contributed by atoms with Crippen molar-refractivity contribution in [2.75, 3.05) is 12.3 Å². The van der Waals surface area contributed by atoms with E-state index in [0.717, 1.165) is 0 Å². The molecule has 1 aromatic heterocycles. The molecule has 1 rings (SSSR count). The fourth-order valence-corrected chi connectivity index (χ4v) is 0.771. The van der Waals surface area contributed by atoms with Crippen LogP contribution in [-0.2, 0) is 16.0 Å². The van der Waals surface area contributed by atoms with Gasteiger partial charge in [0.25, 0.3) is 0 Å². The van der Waals surface area contributed by atoms with Gasteiger partial charge >= 0.3 is 5.97 Å². The predicted molar refractivity (Wildman–Crippen MR) is 41.3 cm³/mol. The number of hydrogen-bond acceptors (Lipinski definition) is 5. The maximum atomic E-state index is 10.9. The molecule has 66 valence electrons. The molecule has 0 aliphatic carbocycles. The van der Waals surface area contributed by atoms with E-state index < -0.39 is 0 Å². The predicted octanol–water partition coefficient (Wildman–Crippen LogP) is 0.362. The largest absolute Gasteiger partial charge is 0.466 e. The number of ether oxygens (including phenoxy) is 1. The molecule has 5 heteroatoms. The summed E-state index contributed by atoms with van der Waals surface area (Å²) in [5, 5.41) is 3.54. The number of hydrogen-bond donors (Lipinski definition) is 1. The van der Waals surface area contributed by atoms with Crippen molar-refractivity contribution in [2.45, 2.75) is 13.3 Å². The molecular weight excluding hydrogens is 160 g/mol. The first kappa shape index (κ1) is 8.58. The molecule has 0 atom stereocenters. The summed E-state index contributed by atoms with van der Waals surface area (Å²) < 4.78 is 9.26. The average molecular weight is 170 g/mol. The summed E-state index contributed by atoms with van der Waals surface area (Å²) >= 11 is 0. The van der Waals surface area contributed by atoms with E-state index in [0.29, 0.717) is 12.3 Å². The van der Waals surface area contributed by atoms with Crippen molar-refractivity contribution < 1.29 is 14.1 Å². The van der Waals surface area contributed by atoms with Crippen molar-refractivity contribution >= 4 is 11.9 Å². The van der Waals surface area contributed by atoms with E-state index in [4.69, 9.17) is 10.5 Å². The summed E-state index contributed by atoms with van der Waals surface area (Å²) in [5.74, 6) is -0.125. The minimum Gasteiger partial charge on any atom is -0.466 e. The SMILES string of the molecule is CCOC(=O)Cc1cc(N)on1. The topological polar surface area (TPSA) is 78.4 Å². The number of aromatic nitrogens is 1. The van der Waals surface area contributed by atoms with E-state index in [1.807, 2.05) is 0 Å². The van der Waals surface area contributed by atoms with Gasteiger partial charge < -0.3 is 15.0 Å². The van der Waals surface area contributed by atoms with Gasteiger partial charge in [-0.1, -0.05) is 5.16 Å². The van der Waals surface area contributed by atoms with Crippen LogP contribution in [0.25, 0.3) is 0 Å². The minimum atomic E-state index is -0.328. The Balaban J connectivity index is 2.46. The van der Waals surface area contributed by atoms with Gasteiger partial charge in [0.05, 0.1) is 18.7 Å². The highest BCUT2D eigenvalue weighted by Crippen LogP contribution is 2.05. The molecule has 0 aliphatic heterocycles. The van der Waals surface area contributed by atoms with Gasteiger partial charge in [0.1, 0.15) is 0 Å². The summed E-state index contributed by atoms with van der Waals surface area (Å²) in [5.41, 5.74) is 5.74. The summed E-state index contributed by atoms with van der Waals surface area (Å²) in [6, 6.07) is 1.50. The molecule has 0 aliphatic rings. The third kappa shape index (κ3) is 2.26. The van der Waals surface area contributed by atoms with Crippen LogP contribution in [0, 0.1) is 0 Å². The Bertz CT molecular complexity index is 269. The first-order chi connectivity index (χ1) is 5.72. The highest BCUT2D eigenvalue weighted by Gasteiger charge is 2.07. The monoisotopic (exact) mass is 170 g/mol. The maximum Gasteiger partial charge on any atom is 0.311 e. The van der Waals surface area contributed by atoms with Gasteiger partial charge in [0.2, 0.25) is 5.88 Å². The van der Waals surface area contributed by atoms with Crippen molar-refractivity contribution in [3.8, 4) is 0 Å². The zero-order valence-corrected chi connectivity index (χ0v) is 6.74. The third-order valence-electron chi connectivity index (χ3n) is 1.21. The Labute approximate surface area is 69.5 Å². The number of nitrogens with zero attached hydrogens (tertiary/aromatic N) is 1. The van der Waals surface area contributed by atoms with Gasteiger partial charge in [-0.05, 0) is 6.92 Å². The van der Waals surface area contributed by atoms with Crippen molar-refractivity contribution in [3.63, 3.8) is 0 Å². The minimum absolute atomic E-state index is 0.106. The molecule has 12 heavy (non-hydrogen) atoms. The first-order valence-corrected chi connectivity index (χ1v) is 3.59. The maximum absolute atomic E-state index is 10.9. The molecule has 1 heterocycles. The number of nitrogen functional groups attached to an aromatic ring is 1. The molecule has 0 saturated carbocycles. The number of nitrogens with two attached hydrogens (primary N) is 1. The van der Waals surface area contributed by atoms with Gasteiger partial charge in [-0.15, -0.1) is 0 Å². The Morgan fingerprint density at radius 3 is 3.08 bits per heavy atom. The molecule has 0 unspecified atom stereocenters. The number of anilines is 1. The van der Waals surface area contributed by atoms with Gasteiger partial charge in [-0.3, -0.25) is 4.79 Å². The number of carbonyl (C=O) groups excluding carboxylic acids is 1. The lowest BCUT2D eigenvalue weighted by Gasteiger charge is -1.96. The molecule has 0 bridgehead atoms.